The molecule has 2 atom stereocenters. The zero-order chi connectivity index (χ0) is 12.3. The van der Waals surface area contributed by atoms with Crippen LogP contribution in [0.3, 0.4) is 0 Å². The molecule has 0 fully saturated rings. The molecule has 4 nitrogen and oxygen atoms in total. The molecule has 1 aromatic heterocycles. The van der Waals surface area contributed by atoms with E-state index in [1.54, 1.807) is 12.4 Å². The lowest BCUT2D eigenvalue weighted by Crippen LogP contribution is -2.35. The first-order chi connectivity index (χ1) is 7.30. The Balaban J connectivity index is 2.69. The largest absolute Gasteiger partial charge is 0.258 e. The highest BCUT2D eigenvalue weighted by molar-refractivity contribution is 7.84. The van der Waals surface area contributed by atoms with Crippen molar-refractivity contribution < 1.29 is 4.21 Å². The minimum Gasteiger partial charge on any atom is -0.258 e. The number of nitrogens with one attached hydrogen (secondary N) is 1. The van der Waals surface area contributed by atoms with Gasteiger partial charge in [0.1, 0.15) is 0 Å². The second-order valence-electron chi connectivity index (χ2n) is 4.80. The summed E-state index contributed by atoms with van der Waals surface area (Å²) in [6, 6.07) is -0.0619. The summed E-state index contributed by atoms with van der Waals surface area (Å²) in [4.78, 5) is 8.42. The molecule has 5 heteroatoms. The molecule has 0 aliphatic heterocycles. The molecule has 16 heavy (non-hydrogen) atoms. The van der Waals surface area contributed by atoms with Crippen molar-refractivity contribution in [3.63, 3.8) is 0 Å². The quantitative estimate of drug-likeness (QED) is 0.879. The van der Waals surface area contributed by atoms with Crippen LogP contribution in [0, 0.1) is 6.92 Å². The van der Waals surface area contributed by atoms with Crippen LogP contribution in [-0.2, 0) is 11.0 Å². The Hall–Kier alpha value is -0.810. The van der Waals surface area contributed by atoms with Gasteiger partial charge in [-0.3, -0.25) is 9.97 Å². The van der Waals surface area contributed by atoms with Crippen LogP contribution in [0.25, 0.3) is 0 Å². The number of hydrogen-bond acceptors (Lipinski definition) is 3. The maximum atomic E-state index is 11.9. The highest BCUT2D eigenvalue weighted by Gasteiger charge is 2.22. The number of rotatable bonds is 3. The first kappa shape index (κ1) is 13.3. The summed E-state index contributed by atoms with van der Waals surface area (Å²) in [5.74, 6) is 0. The van der Waals surface area contributed by atoms with Crippen molar-refractivity contribution in [1.82, 2.24) is 14.7 Å². The molecular formula is C11H19N3OS. The maximum Gasteiger partial charge on any atom is 0.0976 e. The van der Waals surface area contributed by atoms with Gasteiger partial charge in [0, 0.05) is 6.20 Å². The van der Waals surface area contributed by atoms with E-state index in [1.807, 2.05) is 34.6 Å². The minimum absolute atomic E-state index is 0.0619. The summed E-state index contributed by atoms with van der Waals surface area (Å²) in [5.41, 5.74) is 1.69. The third kappa shape index (κ3) is 3.64. The van der Waals surface area contributed by atoms with E-state index in [9.17, 15) is 4.21 Å². The Morgan fingerprint density at radius 1 is 1.31 bits per heavy atom. The zero-order valence-electron chi connectivity index (χ0n) is 10.4. The number of hydrogen-bond donors (Lipinski definition) is 1. The van der Waals surface area contributed by atoms with Crippen LogP contribution in [0.1, 0.15) is 45.1 Å². The van der Waals surface area contributed by atoms with Crippen molar-refractivity contribution in [3.8, 4) is 0 Å². The minimum atomic E-state index is -1.09. The van der Waals surface area contributed by atoms with Crippen LogP contribution in [0.2, 0.25) is 0 Å². The Labute approximate surface area is 99.5 Å². The lowest BCUT2D eigenvalue weighted by atomic mass is 10.2. The molecule has 0 saturated heterocycles. The van der Waals surface area contributed by atoms with Gasteiger partial charge in [-0.05, 0) is 34.6 Å². The SMILES string of the molecule is Cc1cnc([C@@H](C)N[S@@](=O)C(C)(C)C)cn1. The molecule has 0 aromatic carbocycles. The highest BCUT2D eigenvalue weighted by atomic mass is 32.2. The summed E-state index contributed by atoms with van der Waals surface area (Å²) in [7, 11) is -1.09. The summed E-state index contributed by atoms with van der Waals surface area (Å²) in [6.45, 7) is 9.63. The average Bonchev–Trinajstić information content (AvgIpc) is 2.17. The topological polar surface area (TPSA) is 54.9 Å². The van der Waals surface area contributed by atoms with Gasteiger partial charge < -0.3 is 0 Å². The van der Waals surface area contributed by atoms with Gasteiger partial charge in [-0.2, -0.15) is 0 Å². The Morgan fingerprint density at radius 3 is 2.38 bits per heavy atom. The van der Waals surface area contributed by atoms with Crippen molar-refractivity contribution in [3.05, 3.63) is 23.8 Å². The standard InChI is InChI=1S/C11H19N3OS/c1-8-6-13-10(7-12-8)9(2)14-16(15)11(3,4)5/h6-7,9,14H,1-5H3/t9-,16+/m1/s1. The lowest BCUT2D eigenvalue weighted by molar-refractivity contribution is 0.610. The van der Waals surface area contributed by atoms with Crippen LogP contribution in [-0.4, -0.2) is 18.9 Å². The van der Waals surface area contributed by atoms with E-state index >= 15 is 0 Å². The Morgan fingerprint density at radius 2 is 1.94 bits per heavy atom. The number of nitrogens with zero attached hydrogens (tertiary/aromatic N) is 2. The van der Waals surface area contributed by atoms with Crippen LogP contribution in [0.4, 0.5) is 0 Å². The molecule has 1 N–H and O–H groups in total. The fourth-order valence-corrected chi connectivity index (χ4v) is 1.82. The first-order valence-corrected chi connectivity index (χ1v) is 6.42. The van der Waals surface area contributed by atoms with Crippen molar-refractivity contribution in [2.75, 3.05) is 0 Å². The molecule has 0 bridgehead atoms. The van der Waals surface area contributed by atoms with Gasteiger partial charge in [-0.25, -0.2) is 8.93 Å². The molecule has 0 amide bonds. The van der Waals surface area contributed by atoms with Crippen LogP contribution in [0.15, 0.2) is 12.4 Å². The van der Waals surface area contributed by atoms with Gasteiger partial charge in [-0.15, -0.1) is 0 Å². The van der Waals surface area contributed by atoms with E-state index in [0.29, 0.717) is 0 Å². The van der Waals surface area contributed by atoms with Crippen LogP contribution < -0.4 is 4.72 Å². The summed E-state index contributed by atoms with van der Waals surface area (Å²) < 4.78 is 14.6. The van der Waals surface area contributed by atoms with Crippen LogP contribution >= 0.6 is 0 Å². The molecule has 1 rings (SSSR count). The van der Waals surface area contributed by atoms with Crippen molar-refractivity contribution in [2.45, 2.75) is 45.4 Å². The second kappa shape index (κ2) is 5.01. The van der Waals surface area contributed by atoms with Gasteiger partial charge in [0.05, 0.1) is 39.4 Å². The summed E-state index contributed by atoms with van der Waals surface area (Å²) >= 11 is 0. The van der Waals surface area contributed by atoms with Crippen molar-refractivity contribution >= 4 is 11.0 Å². The average molecular weight is 241 g/mol. The molecule has 0 saturated carbocycles. The van der Waals surface area contributed by atoms with E-state index < -0.39 is 11.0 Å². The predicted octanol–water partition coefficient (Wildman–Crippen LogP) is 1.90. The van der Waals surface area contributed by atoms with E-state index in [1.165, 1.54) is 0 Å². The third-order valence-electron chi connectivity index (χ3n) is 2.08. The summed E-state index contributed by atoms with van der Waals surface area (Å²) in [6.07, 6.45) is 3.43. The highest BCUT2D eigenvalue weighted by Crippen LogP contribution is 2.14. The zero-order valence-corrected chi connectivity index (χ0v) is 11.3. The molecule has 1 heterocycles. The first-order valence-electron chi connectivity index (χ1n) is 5.27. The van der Waals surface area contributed by atoms with Gasteiger partial charge in [-0.1, -0.05) is 0 Å². The van der Waals surface area contributed by atoms with E-state index in [4.69, 9.17) is 0 Å². The summed E-state index contributed by atoms with van der Waals surface area (Å²) in [5, 5.41) is 0. The van der Waals surface area contributed by atoms with E-state index in [2.05, 4.69) is 14.7 Å². The van der Waals surface area contributed by atoms with Gasteiger partial charge in [0.15, 0.2) is 0 Å². The van der Waals surface area contributed by atoms with Crippen molar-refractivity contribution in [1.29, 1.82) is 0 Å². The third-order valence-corrected chi connectivity index (χ3v) is 3.76. The molecule has 90 valence electrons. The molecule has 0 radical (unpaired) electrons. The van der Waals surface area contributed by atoms with Crippen LogP contribution in [0.5, 0.6) is 0 Å². The second-order valence-corrected chi connectivity index (χ2v) is 6.80. The van der Waals surface area contributed by atoms with Crippen molar-refractivity contribution in [2.24, 2.45) is 0 Å². The van der Waals surface area contributed by atoms with E-state index in [-0.39, 0.29) is 10.8 Å². The number of aromatic nitrogens is 2. The van der Waals surface area contributed by atoms with Gasteiger partial charge in [0.25, 0.3) is 0 Å². The Bertz CT molecular complexity index is 370. The molecular weight excluding hydrogens is 222 g/mol. The fourth-order valence-electron chi connectivity index (χ4n) is 1.02. The number of aryl methyl sites for hydroxylation is 1. The normalized spacial score (nSPS) is 15.8. The fraction of sp³-hybridized carbons (Fsp3) is 0.636. The molecule has 0 aliphatic rings. The van der Waals surface area contributed by atoms with Gasteiger partial charge >= 0.3 is 0 Å². The predicted molar refractivity (Wildman–Crippen MR) is 66.2 cm³/mol. The van der Waals surface area contributed by atoms with Gasteiger partial charge in [0.2, 0.25) is 0 Å². The molecule has 0 aliphatic carbocycles. The molecule has 0 spiro atoms. The monoisotopic (exact) mass is 241 g/mol. The molecule has 1 aromatic rings. The maximum absolute atomic E-state index is 11.9. The lowest BCUT2D eigenvalue weighted by Gasteiger charge is -2.21. The smallest absolute Gasteiger partial charge is 0.0976 e. The Kier molecular flexibility index (Phi) is 4.15. The molecule has 0 unspecified atom stereocenters. The van der Waals surface area contributed by atoms with E-state index in [0.717, 1.165) is 11.4 Å².